The molecular formula is C19H33IN4O2. The quantitative estimate of drug-likeness (QED) is 0.210. The van der Waals surface area contributed by atoms with Crippen molar-refractivity contribution in [2.24, 2.45) is 10.9 Å². The maximum absolute atomic E-state index is 11.9. The number of carbonyl (C=O) groups is 1. The highest BCUT2D eigenvalue weighted by Crippen LogP contribution is 2.12. The Morgan fingerprint density at radius 3 is 2.69 bits per heavy atom. The van der Waals surface area contributed by atoms with Gasteiger partial charge in [-0.15, -0.1) is 24.0 Å². The van der Waals surface area contributed by atoms with E-state index in [1.54, 1.807) is 7.05 Å². The first-order valence-corrected chi connectivity index (χ1v) is 8.96. The van der Waals surface area contributed by atoms with Gasteiger partial charge in [0.1, 0.15) is 0 Å². The fraction of sp³-hybridized carbons (Fsp3) is 0.579. The van der Waals surface area contributed by atoms with Gasteiger partial charge in [0.25, 0.3) is 0 Å². The minimum Gasteiger partial charge on any atom is -0.382 e. The molecule has 0 aliphatic carbocycles. The molecule has 0 unspecified atom stereocenters. The molecule has 0 aliphatic heterocycles. The Bertz CT molecular complexity index is 550. The van der Waals surface area contributed by atoms with Crippen LogP contribution in [0.15, 0.2) is 29.3 Å². The molecule has 1 amide bonds. The normalized spacial score (nSPS) is 11.0. The maximum atomic E-state index is 11.9. The highest BCUT2D eigenvalue weighted by Gasteiger charge is 2.06. The van der Waals surface area contributed by atoms with Crippen LogP contribution in [0.5, 0.6) is 0 Å². The zero-order valence-electron chi connectivity index (χ0n) is 16.3. The first-order valence-electron chi connectivity index (χ1n) is 8.96. The molecule has 0 aromatic heterocycles. The zero-order chi connectivity index (χ0) is 18.5. The highest BCUT2D eigenvalue weighted by atomic mass is 127. The number of nitrogens with one attached hydrogen (secondary N) is 3. The van der Waals surface area contributed by atoms with Crippen LogP contribution < -0.4 is 16.0 Å². The Hall–Kier alpha value is -1.35. The number of hydrogen-bond donors (Lipinski definition) is 3. The largest absolute Gasteiger partial charge is 0.382 e. The van der Waals surface area contributed by atoms with Crippen molar-refractivity contribution in [3.8, 4) is 0 Å². The van der Waals surface area contributed by atoms with Crippen molar-refractivity contribution >= 4 is 41.5 Å². The van der Waals surface area contributed by atoms with Crippen LogP contribution in [0.4, 0.5) is 5.69 Å². The number of halogens is 1. The van der Waals surface area contributed by atoms with Crippen LogP contribution in [-0.4, -0.2) is 38.7 Å². The molecule has 1 rings (SSSR count). The number of aliphatic imine (C=N–C) groups is 1. The molecule has 3 N–H and O–H groups in total. The van der Waals surface area contributed by atoms with Crippen LogP contribution in [0.3, 0.4) is 0 Å². The SMILES string of the molecule is CCOCCCNC(=NC)NCc1cccc(NC(=O)CC(C)C)c1.I. The number of benzene rings is 1. The topological polar surface area (TPSA) is 74.8 Å². The summed E-state index contributed by atoms with van der Waals surface area (Å²) < 4.78 is 5.31. The number of ether oxygens (including phenoxy) is 1. The summed E-state index contributed by atoms with van der Waals surface area (Å²) in [5.41, 5.74) is 1.91. The number of anilines is 1. The maximum Gasteiger partial charge on any atom is 0.224 e. The van der Waals surface area contributed by atoms with E-state index in [9.17, 15) is 4.79 Å². The van der Waals surface area contributed by atoms with Crippen LogP contribution in [0.1, 0.15) is 39.2 Å². The van der Waals surface area contributed by atoms with Crippen molar-refractivity contribution < 1.29 is 9.53 Å². The van der Waals surface area contributed by atoms with Gasteiger partial charge in [0, 0.05) is 45.5 Å². The molecule has 148 valence electrons. The molecule has 0 bridgehead atoms. The van der Waals surface area contributed by atoms with E-state index in [2.05, 4.69) is 20.9 Å². The van der Waals surface area contributed by atoms with E-state index in [0.717, 1.165) is 43.4 Å². The van der Waals surface area contributed by atoms with Crippen molar-refractivity contribution in [1.82, 2.24) is 10.6 Å². The summed E-state index contributed by atoms with van der Waals surface area (Å²) in [6.07, 6.45) is 1.46. The second kappa shape index (κ2) is 14.8. The summed E-state index contributed by atoms with van der Waals surface area (Å²) in [4.78, 5) is 16.1. The Morgan fingerprint density at radius 2 is 2.04 bits per heavy atom. The van der Waals surface area contributed by atoms with Crippen LogP contribution in [0, 0.1) is 5.92 Å². The molecule has 7 heteroatoms. The summed E-state index contributed by atoms with van der Waals surface area (Å²) in [6, 6.07) is 7.85. The lowest BCUT2D eigenvalue weighted by atomic mass is 10.1. The number of hydrogen-bond acceptors (Lipinski definition) is 3. The second-order valence-electron chi connectivity index (χ2n) is 6.25. The van der Waals surface area contributed by atoms with E-state index in [0.29, 0.717) is 18.9 Å². The molecule has 0 spiro atoms. The number of nitrogens with zero attached hydrogens (tertiary/aromatic N) is 1. The predicted molar refractivity (Wildman–Crippen MR) is 119 cm³/mol. The summed E-state index contributed by atoms with van der Waals surface area (Å²) in [6.45, 7) is 9.01. The van der Waals surface area contributed by atoms with Gasteiger partial charge < -0.3 is 20.7 Å². The molecule has 0 saturated heterocycles. The van der Waals surface area contributed by atoms with Gasteiger partial charge >= 0.3 is 0 Å². The lowest BCUT2D eigenvalue weighted by Crippen LogP contribution is -2.37. The van der Waals surface area contributed by atoms with Crippen molar-refractivity contribution in [2.75, 3.05) is 32.1 Å². The third-order valence-electron chi connectivity index (χ3n) is 3.45. The van der Waals surface area contributed by atoms with Gasteiger partial charge in [-0.25, -0.2) is 0 Å². The standard InChI is InChI=1S/C19H32N4O2.HI/c1-5-25-11-7-10-21-19(20-4)22-14-16-8-6-9-17(13-16)23-18(24)12-15(2)3;/h6,8-9,13,15H,5,7,10-12,14H2,1-4H3,(H,23,24)(H2,20,21,22);1H. The molecule has 0 heterocycles. The van der Waals surface area contributed by atoms with Crippen LogP contribution in [0.2, 0.25) is 0 Å². The number of carbonyl (C=O) groups excluding carboxylic acids is 1. The molecule has 26 heavy (non-hydrogen) atoms. The van der Waals surface area contributed by atoms with Gasteiger partial charge in [-0.1, -0.05) is 26.0 Å². The summed E-state index contributed by atoms with van der Waals surface area (Å²) >= 11 is 0. The Labute approximate surface area is 174 Å². The number of rotatable bonds is 10. The Kier molecular flexibility index (Phi) is 14.0. The lowest BCUT2D eigenvalue weighted by molar-refractivity contribution is -0.116. The average molecular weight is 476 g/mol. The van der Waals surface area contributed by atoms with Gasteiger partial charge in [0.2, 0.25) is 5.91 Å². The predicted octanol–water partition coefficient (Wildman–Crippen LogP) is 3.38. The molecule has 0 fully saturated rings. The van der Waals surface area contributed by atoms with Crippen molar-refractivity contribution in [1.29, 1.82) is 0 Å². The summed E-state index contributed by atoms with van der Waals surface area (Å²) in [5, 5.41) is 9.47. The highest BCUT2D eigenvalue weighted by molar-refractivity contribution is 14.0. The molecule has 0 aliphatic rings. The van der Waals surface area contributed by atoms with E-state index in [4.69, 9.17) is 4.74 Å². The van der Waals surface area contributed by atoms with Crippen LogP contribution in [0.25, 0.3) is 0 Å². The van der Waals surface area contributed by atoms with Gasteiger partial charge in [0.05, 0.1) is 0 Å². The molecular weight excluding hydrogens is 443 g/mol. The van der Waals surface area contributed by atoms with E-state index < -0.39 is 0 Å². The first-order chi connectivity index (χ1) is 12.0. The minimum atomic E-state index is 0. The number of guanidine groups is 1. The third kappa shape index (κ3) is 11.3. The Balaban J connectivity index is 0.00000625. The van der Waals surface area contributed by atoms with Gasteiger partial charge in [0.15, 0.2) is 5.96 Å². The summed E-state index contributed by atoms with van der Waals surface area (Å²) in [5.74, 6) is 1.15. The van der Waals surface area contributed by atoms with Crippen molar-refractivity contribution in [3.63, 3.8) is 0 Å². The van der Waals surface area contributed by atoms with E-state index in [1.165, 1.54) is 0 Å². The molecule has 1 aromatic rings. The molecule has 1 aromatic carbocycles. The van der Waals surface area contributed by atoms with Gasteiger partial charge in [-0.3, -0.25) is 9.79 Å². The van der Waals surface area contributed by atoms with Crippen molar-refractivity contribution in [2.45, 2.75) is 40.2 Å². The molecule has 6 nitrogen and oxygen atoms in total. The minimum absolute atomic E-state index is 0. The van der Waals surface area contributed by atoms with Crippen LogP contribution in [-0.2, 0) is 16.1 Å². The van der Waals surface area contributed by atoms with E-state index in [1.807, 2.05) is 45.0 Å². The van der Waals surface area contributed by atoms with E-state index in [-0.39, 0.29) is 29.9 Å². The first kappa shape index (κ1) is 24.7. The average Bonchev–Trinajstić information content (AvgIpc) is 2.57. The fourth-order valence-corrected chi connectivity index (χ4v) is 2.27. The molecule has 0 radical (unpaired) electrons. The van der Waals surface area contributed by atoms with E-state index >= 15 is 0 Å². The monoisotopic (exact) mass is 476 g/mol. The van der Waals surface area contributed by atoms with Gasteiger partial charge in [-0.05, 0) is 37.0 Å². The number of amides is 1. The van der Waals surface area contributed by atoms with Crippen LogP contribution >= 0.6 is 24.0 Å². The smallest absolute Gasteiger partial charge is 0.224 e. The lowest BCUT2D eigenvalue weighted by Gasteiger charge is -2.13. The molecule has 0 saturated carbocycles. The molecule has 0 atom stereocenters. The third-order valence-corrected chi connectivity index (χ3v) is 3.45. The summed E-state index contributed by atoms with van der Waals surface area (Å²) in [7, 11) is 1.75. The Morgan fingerprint density at radius 1 is 1.27 bits per heavy atom. The van der Waals surface area contributed by atoms with Crippen molar-refractivity contribution in [3.05, 3.63) is 29.8 Å². The zero-order valence-corrected chi connectivity index (χ0v) is 18.6. The van der Waals surface area contributed by atoms with Gasteiger partial charge in [-0.2, -0.15) is 0 Å². The second-order valence-corrected chi connectivity index (χ2v) is 6.25. The fourth-order valence-electron chi connectivity index (χ4n) is 2.27.